The van der Waals surface area contributed by atoms with E-state index in [1.807, 2.05) is 27.7 Å². The molecule has 1 aliphatic heterocycles. The van der Waals surface area contributed by atoms with Gasteiger partial charge in [0, 0.05) is 12.2 Å². The Bertz CT molecular complexity index is 1130. The van der Waals surface area contributed by atoms with Crippen LogP contribution in [0, 0.1) is 0 Å². The van der Waals surface area contributed by atoms with Crippen molar-refractivity contribution in [2.24, 2.45) is 0 Å². The van der Waals surface area contributed by atoms with Crippen LogP contribution in [-0.2, 0) is 10.3 Å². The van der Waals surface area contributed by atoms with E-state index in [4.69, 9.17) is 0 Å². The van der Waals surface area contributed by atoms with Crippen LogP contribution < -0.4 is 10.9 Å². The fourth-order valence-corrected chi connectivity index (χ4v) is 5.89. The first-order valence-corrected chi connectivity index (χ1v) is 12.0. The number of rotatable bonds is 5. The van der Waals surface area contributed by atoms with Gasteiger partial charge in [-0.2, -0.15) is 5.10 Å². The molecule has 4 rings (SSSR count). The van der Waals surface area contributed by atoms with Crippen molar-refractivity contribution in [2.75, 3.05) is 16.8 Å². The standard InChI is InChI=1S/C17H21N7O2S3/c1-5-27-16-22-21-14(29-16)19-11(25)6-9-8-28-15-20-12-10(13(26)23(9)15)7-18-24(12)17(2,3)4/h7,9H,5-6,8H2,1-4H3,(H,19,21,25). The minimum Gasteiger partial charge on any atom is -0.300 e. The molecule has 3 aromatic rings. The summed E-state index contributed by atoms with van der Waals surface area (Å²) in [7, 11) is 0. The molecular weight excluding hydrogens is 430 g/mol. The number of nitrogens with one attached hydrogen (secondary N) is 1. The molecule has 1 N–H and O–H groups in total. The van der Waals surface area contributed by atoms with Gasteiger partial charge in [-0.05, 0) is 26.5 Å². The molecule has 0 saturated heterocycles. The highest BCUT2D eigenvalue weighted by Crippen LogP contribution is 2.34. The summed E-state index contributed by atoms with van der Waals surface area (Å²) in [5, 5.41) is 16.8. The Hall–Kier alpha value is -1.92. The lowest BCUT2D eigenvalue weighted by Crippen LogP contribution is -2.29. The monoisotopic (exact) mass is 451 g/mol. The Morgan fingerprint density at radius 1 is 1.38 bits per heavy atom. The summed E-state index contributed by atoms with van der Waals surface area (Å²) in [6.45, 7) is 8.09. The average molecular weight is 452 g/mol. The Balaban J connectivity index is 1.56. The summed E-state index contributed by atoms with van der Waals surface area (Å²) in [6.07, 6.45) is 1.74. The maximum Gasteiger partial charge on any atom is 0.265 e. The molecule has 0 bridgehead atoms. The van der Waals surface area contributed by atoms with Gasteiger partial charge < -0.3 is 5.32 Å². The fourth-order valence-electron chi connectivity index (χ4n) is 3.10. The number of hydrogen-bond acceptors (Lipinski definition) is 9. The second-order valence-electron chi connectivity index (χ2n) is 7.56. The lowest BCUT2D eigenvalue weighted by Gasteiger charge is -2.20. The van der Waals surface area contributed by atoms with Gasteiger partial charge in [0.05, 0.1) is 17.8 Å². The first kappa shape index (κ1) is 20.4. The van der Waals surface area contributed by atoms with Crippen molar-refractivity contribution >= 4 is 56.9 Å². The predicted molar refractivity (Wildman–Crippen MR) is 116 cm³/mol. The number of fused-ring (bicyclic) bond motifs is 2. The molecule has 29 heavy (non-hydrogen) atoms. The normalized spacial score (nSPS) is 16.3. The largest absolute Gasteiger partial charge is 0.300 e. The molecule has 3 aromatic heterocycles. The third kappa shape index (κ3) is 3.92. The Kier molecular flexibility index (Phi) is 5.42. The van der Waals surface area contributed by atoms with E-state index in [0.29, 0.717) is 27.1 Å². The van der Waals surface area contributed by atoms with Crippen molar-refractivity contribution in [2.45, 2.75) is 55.2 Å². The van der Waals surface area contributed by atoms with Crippen molar-refractivity contribution in [3.05, 3.63) is 16.6 Å². The van der Waals surface area contributed by atoms with Crippen LogP contribution >= 0.6 is 34.9 Å². The van der Waals surface area contributed by atoms with E-state index < -0.39 is 0 Å². The molecule has 0 aliphatic carbocycles. The second kappa shape index (κ2) is 7.73. The molecule has 0 saturated carbocycles. The zero-order valence-corrected chi connectivity index (χ0v) is 19.0. The lowest BCUT2D eigenvalue weighted by atomic mass is 10.1. The number of carbonyl (C=O) groups is 1. The Morgan fingerprint density at radius 3 is 2.90 bits per heavy atom. The van der Waals surface area contributed by atoms with Gasteiger partial charge in [-0.25, -0.2) is 9.67 Å². The fraction of sp³-hybridized carbons (Fsp3) is 0.529. The zero-order chi connectivity index (χ0) is 20.8. The Labute approximate surface area is 179 Å². The number of amides is 1. The minimum atomic E-state index is -0.278. The Morgan fingerprint density at radius 2 is 2.17 bits per heavy atom. The third-order valence-electron chi connectivity index (χ3n) is 4.35. The van der Waals surface area contributed by atoms with Gasteiger partial charge in [0.2, 0.25) is 11.0 Å². The highest BCUT2D eigenvalue weighted by atomic mass is 32.2. The molecule has 0 spiro atoms. The van der Waals surface area contributed by atoms with E-state index in [1.54, 1.807) is 27.2 Å². The summed E-state index contributed by atoms with van der Waals surface area (Å²) < 4.78 is 4.22. The number of anilines is 1. The van der Waals surface area contributed by atoms with Crippen LogP contribution in [0.4, 0.5) is 5.13 Å². The quantitative estimate of drug-likeness (QED) is 0.358. The van der Waals surface area contributed by atoms with Crippen molar-refractivity contribution in [3.8, 4) is 0 Å². The van der Waals surface area contributed by atoms with Gasteiger partial charge in [-0.3, -0.25) is 14.2 Å². The van der Waals surface area contributed by atoms with E-state index in [-0.39, 0.29) is 29.5 Å². The van der Waals surface area contributed by atoms with E-state index in [0.717, 1.165) is 10.1 Å². The summed E-state index contributed by atoms with van der Waals surface area (Å²) in [4.78, 5) is 30.3. The van der Waals surface area contributed by atoms with Crippen molar-refractivity contribution in [3.63, 3.8) is 0 Å². The number of hydrogen-bond donors (Lipinski definition) is 1. The highest BCUT2D eigenvalue weighted by molar-refractivity contribution is 8.01. The molecule has 1 atom stereocenters. The number of nitrogens with zero attached hydrogens (tertiary/aromatic N) is 6. The van der Waals surface area contributed by atoms with Crippen LogP contribution in [0.25, 0.3) is 11.0 Å². The summed E-state index contributed by atoms with van der Waals surface area (Å²) in [5.41, 5.74) is 0.154. The van der Waals surface area contributed by atoms with Crippen LogP contribution in [0.2, 0.25) is 0 Å². The predicted octanol–water partition coefficient (Wildman–Crippen LogP) is 2.99. The van der Waals surface area contributed by atoms with Gasteiger partial charge in [-0.15, -0.1) is 10.2 Å². The first-order valence-electron chi connectivity index (χ1n) is 9.17. The summed E-state index contributed by atoms with van der Waals surface area (Å²) in [5.74, 6) is 1.33. The average Bonchev–Trinajstić information content (AvgIpc) is 3.34. The number of aromatic nitrogens is 6. The molecular formula is C17H21N7O2S3. The molecule has 1 aliphatic rings. The van der Waals surface area contributed by atoms with E-state index in [1.165, 1.54) is 23.1 Å². The zero-order valence-electron chi connectivity index (χ0n) is 16.5. The highest BCUT2D eigenvalue weighted by Gasteiger charge is 2.30. The molecule has 12 heteroatoms. The van der Waals surface area contributed by atoms with E-state index in [9.17, 15) is 9.59 Å². The van der Waals surface area contributed by atoms with Crippen LogP contribution in [0.5, 0.6) is 0 Å². The maximum atomic E-state index is 13.1. The van der Waals surface area contributed by atoms with Crippen LogP contribution in [0.1, 0.15) is 40.2 Å². The van der Waals surface area contributed by atoms with Gasteiger partial charge in [-0.1, -0.05) is 41.8 Å². The maximum absolute atomic E-state index is 13.1. The SMILES string of the molecule is CCSc1nnc(NC(=O)CC2CSc3nc4c(cnn4C(C)(C)C)c(=O)n32)s1. The van der Waals surface area contributed by atoms with Gasteiger partial charge in [0.1, 0.15) is 5.39 Å². The lowest BCUT2D eigenvalue weighted by molar-refractivity contribution is -0.116. The third-order valence-corrected chi connectivity index (χ3v) is 7.30. The van der Waals surface area contributed by atoms with Gasteiger partial charge in [0.15, 0.2) is 15.1 Å². The van der Waals surface area contributed by atoms with E-state index in [2.05, 4.69) is 25.6 Å². The van der Waals surface area contributed by atoms with Gasteiger partial charge in [0.25, 0.3) is 5.56 Å². The molecule has 1 unspecified atom stereocenters. The van der Waals surface area contributed by atoms with Crippen molar-refractivity contribution in [1.29, 1.82) is 0 Å². The van der Waals surface area contributed by atoms with Crippen LogP contribution in [0.3, 0.4) is 0 Å². The van der Waals surface area contributed by atoms with E-state index >= 15 is 0 Å². The molecule has 0 aromatic carbocycles. The second-order valence-corrected chi connectivity index (χ2v) is 11.0. The smallest absolute Gasteiger partial charge is 0.265 e. The first-order chi connectivity index (χ1) is 13.8. The van der Waals surface area contributed by atoms with Crippen molar-refractivity contribution < 1.29 is 4.79 Å². The molecule has 1 amide bonds. The molecule has 4 heterocycles. The van der Waals surface area contributed by atoms with Crippen molar-refractivity contribution in [1.82, 2.24) is 29.5 Å². The number of thioether (sulfide) groups is 2. The number of carbonyl (C=O) groups excluding carboxylic acids is 1. The summed E-state index contributed by atoms with van der Waals surface area (Å²) >= 11 is 4.42. The minimum absolute atomic E-state index is 0.152. The van der Waals surface area contributed by atoms with Crippen LogP contribution in [0.15, 0.2) is 20.5 Å². The molecule has 9 nitrogen and oxygen atoms in total. The molecule has 0 radical (unpaired) electrons. The topological polar surface area (TPSA) is 108 Å². The molecule has 0 fully saturated rings. The van der Waals surface area contributed by atoms with Gasteiger partial charge >= 0.3 is 0 Å². The van der Waals surface area contributed by atoms with Crippen LogP contribution in [-0.4, -0.2) is 46.9 Å². The summed E-state index contributed by atoms with van der Waals surface area (Å²) in [6, 6.07) is -0.255. The molecule has 154 valence electrons.